The first-order valence-electron chi connectivity index (χ1n) is 11.2. The second kappa shape index (κ2) is 9.02. The molecule has 0 aliphatic carbocycles. The van der Waals surface area contributed by atoms with Crippen LogP contribution in [0.4, 0.5) is 0 Å². The number of methoxy groups -OCH3 is 1. The lowest BCUT2D eigenvalue weighted by molar-refractivity contribution is 0.181. The van der Waals surface area contributed by atoms with E-state index in [4.69, 9.17) is 27.9 Å². The first-order valence-corrected chi connectivity index (χ1v) is 11.9. The van der Waals surface area contributed by atoms with Crippen molar-refractivity contribution >= 4 is 50.9 Å². The molecule has 4 aromatic heterocycles. The minimum Gasteiger partial charge on any atom is -0.378 e. The molecule has 180 valence electrons. The van der Waals surface area contributed by atoms with Gasteiger partial charge < -0.3 is 9.72 Å². The molecule has 0 fully saturated rings. The molecule has 11 heteroatoms. The highest BCUT2D eigenvalue weighted by Crippen LogP contribution is 2.30. The van der Waals surface area contributed by atoms with Crippen molar-refractivity contribution in [2.75, 3.05) is 7.11 Å². The van der Waals surface area contributed by atoms with E-state index in [0.29, 0.717) is 40.0 Å². The zero-order chi connectivity index (χ0) is 24.8. The van der Waals surface area contributed by atoms with E-state index in [2.05, 4.69) is 25.3 Å². The predicted molar refractivity (Wildman–Crippen MR) is 139 cm³/mol. The molecule has 4 heterocycles. The van der Waals surface area contributed by atoms with E-state index < -0.39 is 0 Å². The van der Waals surface area contributed by atoms with Gasteiger partial charge in [0.1, 0.15) is 6.33 Å². The number of aryl methyl sites for hydroxylation is 2. The third kappa shape index (κ3) is 3.81. The Morgan fingerprint density at radius 3 is 2.64 bits per heavy atom. The number of hydrogen-bond acceptors (Lipinski definition) is 6. The smallest absolute Gasteiger partial charge is 0.283 e. The fourth-order valence-corrected chi connectivity index (χ4v) is 4.71. The molecule has 9 nitrogen and oxygen atoms in total. The maximum absolute atomic E-state index is 13.3. The second-order valence-corrected chi connectivity index (χ2v) is 9.24. The Balaban J connectivity index is 1.41. The highest BCUT2D eigenvalue weighted by Gasteiger charge is 2.20. The van der Waals surface area contributed by atoms with Gasteiger partial charge in [-0.15, -0.1) is 10.2 Å². The molecule has 2 aromatic carbocycles. The zero-order valence-corrected chi connectivity index (χ0v) is 20.6. The first-order chi connectivity index (χ1) is 17.5. The molecular weight excluding hydrogens is 501 g/mol. The molecule has 0 spiro atoms. The molecule has 6 rings (SSSR count). The molecule has 0 amide bonds. The maximum atomic E-state index is 13.3. The van der Waals surface area contributed by atoms with Crippen LogP contribution < -0.4 is 5.56 Å². The van der Waals surface area contributed by atoms with E-state index in [-0.39, 0.29) is 17.7 Å². The van der Waals surface area contributed by atoms with Crippen molar-refractivity contribution in [1.29, 1.82) is 0 Å². The van der Waals surface area contributed by atoms with Crippen LogP contribution in [0.3, 0.4) is 0 Å². The van der Waals surface area contributed by atoms with Crippen molar-refractivity contribution in [3.63, 3.8) is 0 Å². The van der Waals surface area contributed by atoms with Crippen LogP contribution >= 0.6 is 23.2 Å². The van der Waals surface area contributed by atoms with E-state index in [0.717, 1.165) is 27.6 Å². The van der Waals surface area contributed by atoms with Crippen molar-refractivity contribution in [2.45, 2.75) is 19.6 Å². The van der Waals surface area contributed by atoms with Gasteiger partial charge in [-0.1, -0.05) is 35.3 Å². The number of rotatable bonds is 6. The topological polar surface area (TPSA) is 103 Å². The summed E-state index contributed by atoms with van der Waals surface area (Å²) in [6.45, 7) is 0.680. The summed E-state index contributed by atoms with van der Waals surface area (Å²) in [5.41, 5.74) is 5.00. The van der Waals surface area contributed by atoms with Crippen LogP contribution in [0.25, 0.3) is 38.8 Å². The number of hydrogen-bond donors (Lipinski definition) is 1. The van der Waals surface area contributed by atoms with Gasteiger partial charge in [-0.25, -0.2) is 4.98 Å². The van der Waals surface area contributed by atoms with Crippen molar-refractivity contribution < 1.29 is 4.74 Å². The van der Waals surface area contributed by atoms with Crippen molar-refractivity contribution in [3.05, 3.63) is 86.6 Å². The van der Waals surface area contributed by atoms with Crippen LogP contribution in [0.2, 0.25) is 10.0 Å². The predicted octanol–water partition coefficient (Wildman–Crippen LogP) is 4.68. The van der Waals surface area contributed by atoms with Gasteiger partial charge >= 0.3 is 0 Å². The molecule has 0 aliphatic heterocycles. The second-order valence-electron chi connectivity index (χ2n) is 8.37. The van der Waals surface area contributed by atoms with Crippen LogP contribution in [0, 0.1) is 0 Å². The number of aromatic nitrogens is 7. The summed E-state index contributed by atoms with van der Waals surface area (Å²) in [4.78, 5) is 21.1. The van der Waals surface area contributed by atoms with Gasteiger partial charge in [0.2, 0.25) is 0 Å². The molecule has 1 N–H and O–H groups in total. The Kier molecular flexibility index (Phi) is 5.67. The Morgan fingerprint density at radius 1 is 1.03 bits per heavy atom. The summed E-state index contributed by atoms with van der Waals surface area (Å²) in [6, 6.07) is 13.0. The molecule has 0 saturated carbocycles. The highest BCUT2D eigenvalue weighted by molar-refractivity contribution is 6.31. The van der Waals surface area contributed by atoms with E-state index in [9.17, 15) is 4.79 Å². The minimum atomic E-state index is -0.288. The largest absolute Gasteiger partial charge is 0.378 e. The van der Waals surface area contributed by atoms with Crippen LogP contribution in [-0.2, 0) is 24.3 Å². The minimum absolute atomic E-state index is 0.140. The van der Waals surface area contributed by atoms with Crippen molar-refractivity contribution in [3.8, 4) is 11.1 Å². The number of aromatic amines is 1. The number of benzene rings is 2. The Labute approximate surface area is 214 Å². The zero-order valence-electron chi connectivity index (χ0n) is 19.1. The van der Waals surface area contributed by atoms with Gasteiger partial charge in [-0.05, 0) is 47.9 Å². The number of nitrogens with one attached hydrogen (secondary N) is 1. The van der Waals surface area contributed by atoms with Gasteiger partial charge in [-0.3, -0.25) is 9.36 Å². The average molecular weight is 520 g/mol. The molecule has 0 saturated heterocycles. The summed E-state index contributed by atoms with van der Waals surface area (Å²) >= 11 is 12.2. The number of nitrogens with zero attached hydrogens (tertiary/aromatic N) is 6. The Hall–Kier alpha value is -3.79. The standard InChI is InChI=1S/C25H19Cl2N7O2/c1-36-12-20-21(14-2-4-16(26)5-3-14)23-31-30-22-24(34(23)32-20)29-13-33(25(22)35)9-8-15-11-28-19-7-6-17(27)10-18(15)19/h2-7,10-11,13,28H,8-9,12H2,1H3. The van der Waals surface area contributed by atoms with E-state index in [1.54, 1.807) is 23.8 Å². The molecular formula is C25H19Cl2N7O2. The molecule has 36 heavy (non-hydrogen) atoms. The van der Waals surface area contributed by atoms with Crippen LogP contribution in [-0.4, -0.2) is 41.5 Å². The average Bonchev–Trinajstić information content (AvgIpc) is 3.45. The lowest BCUT2D eigenvalue weighted by Gasteiger charge is -2.07. The Bertz CT molecular complexity index is 1810. The van der Waals surface area contributed by atoms with Crippen LogP contribution in [0.1, 0.15) is 11.3 Å². The van der Waals surface area contributed by atoms with Crippen molar-refractivity contribution in [1.82, 2.24) is 34.3 Å². The third-order valence-electron chi connectivity index (χ3n) is 6.14. The summed E-state index contributed by atoms with van der Waals surface area (Å²) in [5, 5.41) is 15.6. The maximum Gasteiger partial charge on any atom is 0.283 e. The summed E-state index contributed by atoms with van der Waals surface area (Å²) in [5.74, 6) is 0. The van der Waals surface area contributed by atoms with Crippen LogP contribution in [0.5, 0.6) is 0 Å². The molecule has 0 unspecified atom stereocenters. The quantitative estimate of drug-likeness (QED) is 0.342. The fourth-order valence-electron chi connectivity index (χ4n) is 4.41. The van der Waals surface area contributed by atoms with Crippen LogP contribution in [0.15, 0.2) is 59.8 Å². The van der Waals surface area contributed by atoms with Gasteiger partial charge in [0.25, 0.3) is 5.56 Å². The lowest BCUT2D eigenvalue weighted by atomic mass is 10.1. The number of fused-ring (bicyclic) bond motifs is 4. The molecule has 6 aromatic rings. The highest BCUT2D eigenvalue weighted by atomic mass is 35.5. The fraction of sp³-hybridized carbons (Fsp3) is 0.160. The number of H-pyrrole nitrogens is 1. The van der Waals surface area contributed by atoms with Gasteiger partial charge in [0.15, 0.2) is 16.8 Å². The van der Waals surface area contributed by atoms with Crippen molar-refractivity contribution in [2.24, 2.45) is 0 Å². The molecule has 0 radical (unpaired) electrons. The van der Waals surface area contributed by atoms with Gasteiger partial charge in [0.05, 0.1) is 17.9 Å². The molecule has 0 bridgehead atoms. The lowest BCUT2D eigenvalue weighted by Crippen LogP contribution is -2.23. The van der Waals surface area contributed by atoms with E-state index in [1.165, 1.54) is 10.9 Å². The number of halogens is 2. The molecule has 0 atom stereocenters. The monoisotopic (exact) mass is 519 g/mol. The van der Waals surface area contributed by atoms with Gasteiger partial charge in [0, 0.05) is 40.8 Å². The Morgan fingerprint density at radius 2 is 1.83 bits per heavy atom. The normalized spacial score (nSPS) is 11.8. The van der Waals surface area contributed by atoms with E-state index in [1.807, 2.05) is 36.5 Å². The van der Waals surface area contributed by atoms with E-state index >= 15 is 0 Å². The third-order valence-corrected chi connectivity index (χ3v) is 6.63. The molecule has 0 aliphatic rings. The first kappa shape index (κ1) is 22.7. The number of ether oxygens (including phenoxy) is 1. The summed E-state index contributed by atoms with van der Waals surface area (Å²) in [7, 11) is 1.60. The summed E-state index contributed by atoms with van der Waals surface area (Å²) < 4.78 is 8.44. The van der Waals surface area contributed by atoms with Gasteiger partial charge in [-0.2, -0.15) is 9.61 Å². The SMILES string of the molecule is COCc1nn2c(nnc3c(=O)n(CCc4c[nH]c5ccc(Cl)cc45)cnc32)c1-c1ccc(Cl)cc1. The summed E-state index contributed by atoms with van der Waals surface area (Å²) in [6.07, 6.45) is 4.07.